The van der Waals surface area contributed by atoms with E-state index in [9.17, 15) is 4.79 Å². The summed E-state index contributed by atoms with van der Waals surface area (Å²) in [5.74, 6) is -0.0151. The monoisotopic (exact) mass is 309 g/mol. The number of hydrogen-bond acceptors (Lipinski definition) is 3. The van der Waals surface area contributed by atoms with Crippen molar-refractivity contribution in [2.24, 2.45) is 11.3 Å². The van der Waals surface area contributed by atoms with Crippen LogP contribution >= 0.6 is 11.3 Å². The van der Waals surface area contributed by atoms with Crippen LogP contribution in [0.3, 0.4) is 0 Å². The molecule has 0 aromatic carbocycles. The molecule has 2 heterocycles. The summed E-state index contributed by atoms with van der Waals surface area (Å²) in [6.45, 7) is 12.2. The third-order valence-corrected chi connectivity index (χ3v) is 5.75. The van der Waals surface area contributed by atoms with E-state index in [0.717, 1.165) is 30.4 Å². The lowest BCUT2D eigenvalue weighted by Crippen LogP contribution is -2.26. The van der Waals surface area contributed by atoms with Crippen LogP contribution in [0.4, 0.5) is 0 Å². The largest absolute Gasteiger partial charge is 0.477 e. The summed E-state index contributed by atoms with van der Waals surface area (Å²) in [5.41, 5.74) is 1.58. The fraction of sp³-hybridized carbons (Fsp3) is 0.706. The summed E-state index contributed by atoms with van der Waals surface area (Å²) in [6.07, 6.45) is 3.80. The van der Waals surface area contributed by atoms with Gasteiger partial charge in [-0.2, -0.15) is 0 Å². The van der Waals surface area contributed by atoms with Crippen LogP contribution in [0, 0.1) is 18.3 Å². The van der Waals surface area contributed by atoms with E-state index in [1.165, 1.54) is 36.2 Å². The third kappa shape index (κ3) is 4.30. The summed E-state index contributed by atoms with van der Waals surface area (Å²) >= 11 is 1.39. The van der Waals surface area contributed by atoms with E-state index in [1.54, 1.807) is 0 Å². The summed E-state index contributed by atoms with van der Waals surface area (Å²) in [5, 5.41) is 9.09. The fourth-order valence-electron chi connectivity index (χ4n) is 3.20. The zero-order valence-corrected chi connectivity index (χ0v) is 14.4. The molecule has 1 aromatic heterocycles. The molecule has 3 nitrogen and oxygen atoms in total. The molecule has 1 unspecified atom stereocenters. The van der Waals surface area contributed by atoms with Crippen LogP contribution in [0.5, 0.6) is 0 Å². The Hall–Kier alpha value is -0.870. The highest BCUT2D eigenvalue weighted by atomic mass is 32.1. The molecule has 1 aliphatic rings. The second kappa shape index (κ2) is 6.49. The zero-order valence-electron chi connectivity index (χ0n) is 13.6. The first kappa shape index (κ1) is 16.5. The predicted octanol–water partition coefficient (Wildman–Crippen LogP) is 4.40. The van der Waals surface area contributed by atoms with Crippen LogP contribution in [0.2, 0.25) is 0 Å². The van der Waals surface area contributed by atoms with Gasteiger partial charge >= 0.3 is 5.97 Å². The molecule has 118 valence electrons. The highest BCUT2D eigenvalue weighted by Gasteiger charge is 2.27. The molecule has 0 spiro atoms. The van der Waals surface area contributed by atoms with Gasteiger partial charge in [-0.15, -0.1) is 11.3 Å². The Morgan fingerprint density at radius 2 is 2.10 bits per heavy atom. The van der Waals surface area contributed by atoms with Gasteiger partial charge in [0.15, 0.2) is 0 Å². The lowest BCUT2D eigenvalue weighted by atomic mass is 9.77. The van der Waals surface area contributed by atoms with Gasteiger partial charge in [0.1, 0.15) is 4.88 Å². The number of carboxylic acid groups (broad SMARTS) is 1. The molecule has 1 saturated heterocycles. The first-order chi connectivity index (χ1) is 9.77. The van der Waals surface area contributed by atoms with Gasteiger partial charge in [-0.05, 0) is 62.2 Å². The molecule has 0 amide bonds. The number of hydrogen-bond donors (Lipinski definition) is 1. The van der Waals surface area contributed by atoms with Gasteiger partial charge in [-0.25, -0.2) is 4.79 Å². The van der Waals surface area contributed by atoms with Gasteiger partial charge in [-0.1, -0.05) is 20.8 Å². The Labute approximate surface area is 132 Å². The molecule has 2 rings (SSSR count). The average Bonchev–Trinajstić information content (AvgIpc) is 2.60. The van der Waals surface area contributed by atoms with E-state index in [0.29, 0.717) is 10.3 Å². The predicted molar refractivity (Wildman–Crippen MR) is 88.1 cm³/mol. The van der Waals surface area contributed by atoms with Gasteiger partial charge in [0.2, 0.25) is 0 Å². The van der Waals surface area contributed by atoms with Gasteiger partial charge < -0.3 is 5.11 Å². The summed E-state index contributed by atoms with van der Waals surface area (Å²) < 4.78 is 0. The number of carboxylic acids is 1. The SMILES string of the molecule is Cc1sc(C(=O)O)cc1CN1CCCC(C(C)(C)C)CC1. The summed E-state index contributed by atoms with van der Waals surface area (Å²) in [4.78, 5) is 15.2. The van der Waals surface area contributed by atoms with E-state index in [4.69, 9.17) is 5.11 Å². The van der Waals surface area contributed by atoms with Crippen molar-refractivity contribution >= 4 is 17.3 Å². The molecule has 0 saturated carbocycles. The third-order valence-electron chi connectivity index (χ3n) is 4.67. The molecular weight excluding hydrogens is 282 g/mol. The first-order valence-corrected chi connectivity index (χ1v) is 8.64. The Balaban J connectivity index is 1.99. The average molecular weight is 309 g/mol. The van der Waals surface area contributed by atoms with Crippen molar-refractivity contribution in [3.05, 3.63) is 21.4 Å². The van der Waals surface area contributed by atoms with E-state index in [1.807, 2.05) is 13.0 Å². The van der Waals surface area contributed by atoms with Crippen molar-refractivity contribution in [1.29, 1.82) is 0 Å². The van der Waals surface area contributed by atoms with E-state index in [2.05, 4.69) is 25.7 Å². The van der Waals surface area contributed by atoms with Gasteiger partial charge in [0.25, 0.3) is 0 Å². The quantitative estimate of drug-likeness (QED) is 0.899. The van der Waals surface area contributed by atoms with Gasteiger partial charge in [-0.3, -0.25) is 4.90 Å². The molecule has 4 heteroatoms. The van der Waals surface area contributed by atoms with Crippen LogP contribution in [0.15, 0.2) is 6.07 Å². The van der Waals surface area contributed by atoms with Gasteiger partial charge in [0, 0.05) is 11.4 Å². The van der Waals surface area contributed by atoms with Crippen LogP contribution in [-0.4, -0.2) is 29.1 Å². The molecule has 1 atom stereocenters. The smallest absolute Gasteiger partial charge is 0.345 e. The maximum atomic E-state index is 11.1. The van der Waals surface area contributed by atoms with Crippen molar-refractivity contribution in [2.75, 3.05) is 13.1 Å². The maximum absolute atomic E-state index is 11.1. The molecule has 1 aromatic rings. The highest BCUT2D eigenvalue weighted by Crippen LogP contribution is 2.34. The molecule has 1 fully saturated rings. The topological polar surface area (TPSA) is 40.5 Å². The van der Waals surface area contributed by atoms with Crippen molar-refractivity contribution in [2.45, 2.75) is 53.5 Å². The highest BCUT2D eigenvalue weighted by molar-refractivity contribution is 7.14. The normalized spacial score (nSPS) is 21.2. The molecule has 1 aliphatic heterocycles. The molecule has 21 heavy (non-hydrogen) atoms. The van der Waals surface area contributed by atoms with Crippen molar-refractivity contribution in [3.63, 3.8) is 0 Å². The van der Waals surface area contributed by atoms with E-state index in [-0.39, 0.29) is 0 Å². The first-order valence-electron chi connectivity index (χ1n) is 7.82. The Kier molecular flexibility index (Phi) is 5.10. The molecule has 0 aliphatic carbocycles. The van der Waals surface area contributed by atoms with Crippen LogP contribution in [0.25, 0.3) is 0 Å². The Bertz CT molecular complexity index is 501. The fourth-order valence-corrected chi connectivity index (χ4v) is 4.08. The lowest BCUT2D eigenvalue weighted by molar-refractivity contribution is 0.0702. The number of carbonyl (C=O) groups is 1. The Morgan fingerprint density at radius 3 is 2.67 bits per heavy atom. The molecular formula is C17H27NO2S. The molecule has 0 bridgehead atoms. The molecule has 0 radical (unpaired) electrons. The minimum Gasteiger partial charge on any atom is -0.477 e. The number of rotatable bonds is 3. The number of thiophene rings is 1. The van der Waals surface area contributed by atoms with E-state index < -0.39 is 5.97 Å². The van der Waals surface area contributed by atoms with Crippen molar-refractivity contribution in [1.82, 2.24) is 4.90 Å². The molecule has 1 N–H and O–H groups in total. The van der Waals surface area contributed by atoms with E-state index >= 15 is 0 Å². The van der Waals surface area contributed by atoms with Crippen LogP contribution in [0.1, 0.15) is 60.1 Å². The number of aromatic carboxylic acids is 1. The summed E-state index contributed by atoms with van der Waals surface area (Å²) in [7, 11) is 0. The second-order valence-corrected chi connectivity index (χ2v) is 8.52. The number of likely N-dealkylation sites (tertiary alicyclic amines) is 1. The van der Waals surface area contributed by atoms with Crippen molar-refractivity contribution < 1.29 is 9.90 Å². The number of aryl methyl sites for hydroxylation is 1. The minimum atomic E-state index is -0.807. The van der Waals surface area contributed by atoms with Crippen molar-refractivity contribution in [3.8, 4) is 0 Å². The number of nitrogens with zero attached hydrogens (tertiary/aromatic N) is 1. The standard InChI is InChI=1S/C17H27NO2S/c1-12-13(10-15(21-12)16(19)20)11-18-8-5-6-14(7-9-18)17(2,3)4/h10,14H,5-9,11H2,1-4H3,(H,19,20). The van der Waals surface area contributed by atoms with Crippen LogP contribution in [-0.2, 0) is 6.54 Å². The van der Waals surface area contributed by atoms with Gasteiger partial charge in [0.05, 0.1) is 0 Å². The maximum Gasteiger partial charge on any atom is 0.345 e. The lowest BCUT2D eigenvalue weighted by Gasteiger charge is -2.29. The Morgan fingerprint density at radius 1 is 1.38 bits per heavy atom. The summed E-state index contributed by atoms with van der Waals surface area (Å²) in [6, 6.07) is 1.86. The second-order valence-electron chi connectivity index (χ2n) is 7.27. The zero-order chi connectivity index (χ0) is 15.6. The minimum absolute atomic E-state index is 0.394. The van der Waals surface area contributed by atoms with Crippen LogP contribution < -0.4 is 0 Å².